The number of anilines is 1. The van der Waals surface area contributed by atoms with Gasteiger partial charge in [-0.2, -0.15) is 0 Å². The summed E-state index contributed by atoms with van der Waals surface area (Å²) in [5, 5.41) is 4.79. The van der Waals surface area contributed by atoms with E-state index in [2.05, 4.69) is 10.6 Å². The van der Waals surface area contributed by atoms with Gasteiger partial charge in [0.15, 0.2) is 18.1 Å². The maximum Gasteiger partial charge on any atom is 0.325 e. The highest BCUT2D eigenvalue weighted by Crippen LogP contribution is 2.38. The Morgan fingerprint density at radius 2 is 1.61 bits per heavy atom. The fourth-order valence-corrected chi connectivity index (χ4v) is 2.53. The van der Waals surface area contributed by atoms with Crippen LogP contribution in [0.4, 0.5) is 10.1 Å². The minimum Gasteiger partial charge on any atom is -0.493 e. The molecule has 9 nitrogen and oxygen atoms in total. The number of halogens is 1. The predicted octanol–water partition coefficient (Wildman–Crippen LogP) is 2.07. The Kier molecular flexibility index (Phi) is 8.18. The van der Waals surface area contributed by atoms with E-state index in [1.165, 1.54) is 45.6 Å². The van der Waals surface area contributed by atoms with E-state index in [0.717, 1.165) is 6.07 Å². The zero-order valence-electron chi connectivity index (χ0n) is 17.5. The molecule has 0 aromatic heterocycles. The van der Waals surface area contributed by atoms with Crippen molar-refractivity contribution < 1.29 is 37.7 Å². The molecule has 0 radical (unpaired) electrons. The molecule has 0 aliphatic carbocycles. The first-order chi connectivity index (χ1) is 14.8. The van der Waals surface area contributed by atoms with Gasteiger partial charge in [-0.1, -0.05) is 6.07 Å². The Labute approximate surface area is 178 Å². The number of carbonyl (C=O) groups is 3. The highest BCUT2D eigenvalue weighted by Gasteiger charge is 2.18. The molecule has 0 bridgehead atoms. The van der Waals surface area contributed by atoms with Gasteiger partial charge in [0.1, 0.15) is 12.4 Å². The molecule has 0 unspecified atom stereocenters. The lowest BCUT2D eigenvalue weighted by Gasteiger charge is -2.14. The SMILES string of the molecule is COc1cc(C(=O)NCC(=O)OCC(=O)Nc2ccc(C)c(F)c2)cc(OC)c1OC. The Morgan fingerprint density at radius 1 is 0.968 bits per heavy atom. The van der Waals surface area contributed by atoms with Crippen molar-refractivity contribution in [3.63, 3.8) is 0 Å². The summed E-state index contributed by atoms with van der Waals surface area (Å²) in [5.74, 6) is -1.66. The van der Waals surface area contributed by atoms with Gasteiger partial charge >= 0.3 is 5.97 Å². The molecule has 0 spiro atoms. The van der Waals surface area contributed by atoms with Gasteiger partial charge in [-0.25, -0.2) is 4.39 Å². The fourth-order valence-electron chi connectivity index (χ4n) is 2.53. The fraction of sp³-hybridized carbons (Fsp3) is 0.286. The summed E-state index contributed by atoms with van der Waals surface area (Å²) in [5.41, 5.74) is 0.841. The lowest BCUT2D eigenvalue weighted by molar-refractivity contribution is -0.146. The first-order valence-electron chi connectivity index (χ1n) is 9.08. The Morgan fingerprint density at radius 3 is 2.16 bits per heavy atom. The van der Waals surface area contributed by atoms with Crippen molar-refractivity contribution in [3.8, 4) is 17.2 Å². The van der Waals surface area contributed by atoms with Crippen molar-refractivity contribution in [1.29, 1.82) is 0 Å². The molecule has 0 saturated heterocycles. The minimum absolute atomic E-state index is 0.168. The van der Waals surface area contributed by atoms with Gasteiger partial charge in [-0.3, -0.25) is 14.4 Å². The highest BCUT2D eigenvalue weighted by atomic mass is 19.1. The van der Waals surface area contributed by atoms with E-state index in [1.54, 1.807) is 6.92 Å². The van der Waals surface area contributed by atoms with Crippen molar-refractivity contribution in [2.45, 2.75) is 6.92 Å². The number of amides is 2. The number of benzene rings is 2. The largest absolute Gasteiger partial charge is 0.493 e. The van der Waals surface area contributed by atoms with Crippen LogP contribution < -0.4 is 24.8 Å². The topological polar surface area (TPSA) is 112 Å². The second-order valence-corrected chi connectivity index (χ2v) is 6.27. The molecule has 0 aliphatic heterocycles. The first-order valence-corrected chi connectivity index (χ1v) is 9.08. The van der Waals surface area contributed by atoms with E-state index in [4.69, 9.17) is 18.9 Å². The molecule has 0 atom stereocenters. The Balaban J connectivity index is 1.87. The third kappa shape index (κ3) is 6.33. The van der Waals surface area contributed by atoms with Crippen LogP contribution in [0, 0.1) is 12.7 Å². The third-order valence-corrected chi connectivity index (χ3v) is 4.14. The number of hydrogen-bond acceptors (Lipinski definition) is 7. The predicted molar refractivity (Wildman–Crippen MR) is 109 cm³/mol. The molecule has 0 saturated carbocycles. The van der Waals surface area contributed by atoms with E-state index in [9.17, 15) is 18.8 Å². The number of ether oxygens (including phenoxy) is 4. The molecule has 2 aromatic rings. The summed E-state index contributed by atoms with van der Waals surface area (Å²) >= 11 is 0. The molecule has 2 rings (SSSR count). The smallest absolute Gasteiger partial charge is 0.325 e. The summed E-state index contributed by atoms with van der Waals surface area (Å²) in [6.07, 6.45) is 0. The third-order valence-electron chi connectivity index (χ3n) is 4.14. The molecule has 2 aromatic carbocycles. The summed E-state index contributed by atoms with van der Waals surface area (Å²) in [7, 11) is 4.25. The summed E-state index contributed by atoms with van der Waals surface area (Å²) in [4.78, 5) is 36.0. The van der Waals surface area contributed by atoms with Crippen LogP contribution in [0.2, 0.25) is 0 Å². The lowest BCUT2D eigenvalue weighted by Crippen LogP contribution is -2.32. The minimum atomic E-state index is -0.828. The molecule has 10 heteroatoms. The van der Waals surface area contributed by atoms with Crippen LogP contribution >= 0.6 is 0 Å². The number of nitrogens with one attached hydrogen (secondary N) is 2. The summed E-state index contributed by atoms with van der Waals surface area (Å²) < 4.78 is 33.9. The normalized spacial score (nSPS) is 10.1. The number of rotatable bonds is 9. The zero-order chi connectivity index (χ0) is 23.0. The van der Waals surface area contributed by atoms with Crippen molar-refractivity contribution >= 4 is 23.5 Å². The lowest BCUT2D eigenvalue weighted by atomic mass is 10.1. The first kappa shape index (κ1) is 23.5. The van der Waals surface area contributed by atoms with Crippen LogP contribution in [0.5, 0.6) is 17.2 Å². The zero-order valence-corrected chi connectivity index (χ0v) is 17.5. The van der Waals surface area contributed by atoms with E-state index in [0.29, 0.717) is 11.3 Å². The van der Waals surface area contributed by atoms with Crippen LogP contribution in [0.1, 0.15) is 15.9 Å². The monoisotopic (exact) mass is 434 g/mol. The molecule has 0 aliphatic rings. The maximum atomic E-state index is 13.5. The number of esters is 1. The van der Waals surface area contributed by atoms with E-state index in [-0.39, 0.29) is 22.7 Å². The molecule has 0 fully saturated rings. The van der Waals surface area contributed by atoms with Crippen molar-refractivity contribution in [2.24, 2.45) is 0 Å². The van der Waals surface area contributed by atoms with Gasteiger partial charge in [0.2, 0.25) is 5.75 Å². The van der Waals surface area contributed by atoms with Crippen molar-refractivity contribution in [3.05, 3.63) is 47.3 Å². The maximum absolute atomic E-state index is 13.5. The summed E-state index contributed by atoms with van der Waals surface area (Å²) in [6, 6.07) is 7.05. The van der Waals surface area contributed by atoms with E-state index >= 15 is 0 Å². The quantitative estimate of drug-likeness (QED) is 0.581. The Bertz CT molecular complexity index is 953. The molecular formula is C21H23FN2O7. The highest BCUT2D eigenvalue weighted by molar-refractivity contribution is 5.97. The molecule has 2 N–H and O–H groups in total. The second kappa shape index (κ2) is 10.8. The molecular weight excluding hydrogens is 411 g/mol. The van der Waals surface area contributed by atoms with Crippen LogP contribution in [0.3, 0.4) is 0 Å². The standard InChI is InChI=1S/C21H23FN2O7/c1-12-5-6-14(9-15(12)22)24-18(25)11-31-19(26)10-23-21(27)13-7-16(28-2)20(30-4)17(8-13)29-3/h5-9H,10-11H2,1-4H3,(H,23,27)(H,24,25). The average Bonchev–Trinajstić information content (AvgIpc) is 2.77. The molecule has 166 valence electrons. The second-order valence-electron chi connectivity index (χ2n) is 6.27. The summed E-state index contributed by atoms with van der Waals surface area (Å²) in [6.45, 7) is 0.533. The molecule has 2 amide bonds. The van der Waals surface area contributed by atoms with Crippen LogP contribution in [0.25, 0.3) is 0 Å². The number of aryl methyl sites for hydroxylation is 1. The van der Waals surface area contributed by atoms with Gasteiger partial charge in [-0.05, 0) is 36.8 Å². The van der Waals surface area contributed by atoms with Gasteiger partial charge in [-0.15, -0.1) is 0 Å². The van der Waals surface area contributed by atoms with Gasteiger partial charge in [0.25, 0.3) is 11.8 Å². The van der Waals surface area contributed by atoms with Crippen molar-refractivity contribution in [2.75, 3.05) is 39.8 Å². The number of hydrogen-bond donors (Lipinski definition) is 2. The van der Waals surface area contributed by atoms with E-state index in [1.807, 2.05) is 0 Å². The van der Waals surface area contributed by atoms with Gasteiger partial charge < -0.3 is 29.6 Å². The van der Waals surface area contributed by atoms with Crippen molar-refractivity contribution in [1.82, 2.24) is 5.32 Å². The molecule has 31 heavy (non-hydrogen) atoms. The van der Waals surface area contributed by atoms with Crippen LogP contribution in [-0.4, -0.2) is 52.3 Å². The van der Waals surface area contributed by atoms with Gasteiger partial charge in [0, 0.05) is 11.3 Å². The number of methoxy groups -OCH3 is 3. The van der Waals surface area contributed by atoms with E-state index < -0.39 is 36.8 Å². The van der Waals surface area contributed by atoms with Crippen LogP contribution in [0.15, 0.2) is 30.3 Å². The molecule has 0 heterocycles. The van der Waals surface area contributed by atoms with Crippen LogP contribution in [-0.2, 0) is 14.3 Å². The Hall–Kier alpha value is -3.82. The van der Waals surface area contributed by atoms with Gasteiger partial charge in [0.05, 0.1) is 21.3 Å². The average molecular weight is 434 g/mol. The number of carbonyl (C=O) groups excluding carboxylic acids is 3.